The molecule has 3 rings (SSSR count). The number of amides is 1. The van der Waals surface area contributed by atoms with Crippen LogP contribution in [0.4, 0.5) is 0 Å². The van der Waals surface area contributed by atoms with Crippen molar-refractivity contribution in [1.29, 1.82) is 0 Å². The molecular weight excluding hydrogens is 406 g/mol. The normalized spacial score (nSPS) is 24.7. The first-order valence-corrected chi connectivity index (χ1v) is 13.2. The van der Waals surface area contributed by atoms with E-state index in [1.54, 1.807) is 5.57 Å². The van der Waals surface area contributed by atoms with Crippen molar-refractivity contribution < 1.29 is 9.90 Å². The molecule has 3 nitrogen and oxygen atoms in total. The zero-order valence-electron chi connectivity index (χ0n) is 21.5. The smallest absolute Gasteiger partial charge is 0.223 e. The molecule has 3 heteroatoms. The first kappa shape index (κ1) is 25.7. The molecule has 1 fully saturated rings. The topological polar surface area (TPSA) is 40.5 Å². The van der Waals surface area contributed by atoms with E-state index in [4.69, 9.17) is 0 Å². The van der Waals surface area contributed by atoms with E-state index in [0.29, 0.717) is 18.3 Å². The van der Waals surface area contributed by atoms with Crippen molar-refractivity contribution in [2.45, 2.75) is 104 Å². The molecule has 0 saturated heterocycles. The maximum atomic E-state index is 12.6. The van der Waals surface area contributed by atoms with Gasteiger partial charge in [-0.15, -0.1) is 0 Å². The molecule has 182 valence electrons. The molecule has 0 unspecified atom stereocenters. The van der Waals surface area contributed by atoms with Crippen molar-refractivity contribution in [1.82, 2.24) is 4.90 Å². The number of benzene rings is 1. The van der Waals surface area contributed by atoms with Gasteiger partial charge in [0.15, 0.2) is 0 Å². The molecule has 4 atom stereocenters. The number of allylic oxidation sites excluding steroid dienone is 3. The second-order valence-corrected chi connectivity index (χ2v) is 10.9. The fourth-order valence-electron chi connectivity index (χ4n) is 6.09. The van der Waals surface area contributed by atoms with Gasteiger partial charge in [0.05, 0.1) is 6.10 Å². The maximum absolute atomic E-state index is 12.6. The van der Waals surface area contributed by atoms with Gasteiger partial charge >= 0.3 is 0 Å². The number of unbranched alkanes of at least 4 members (excludes halogenated alkanes) is 1. The minimum absolute atomic E-state index is 0.205. The summed E-state index contributed by atoms with van der Waals surface area (Å²) in [5.41, 5.74) is 4.25. The summed E-state index contributed by atoms with van der Waals surface area (Å²) in [5.74, 6) is 1.66. The molecule has 1 N–H and O–H groups in total. The van der Waals surface area contributed by atoms with Crippen molar-refractivity contribution in [2.75, 3.05) is 0 Å². The van der Waals surface area contributed by atoms with E-state index < -0.39 is 0 Å². The summed E-state index contributed by atoms with van der Waals surface area (Å²) in [6.45, 7) is 10.5. The van der Waals surface area contributed by atoms with Crippen LogP contribution in [0.2, 0.25) is 0 Å². The van der Waals surface area contributed by atoms with Gasteiger partial charge in [0.1, 0.15) is 0 Å². The minimum atomic E-state index is -0.205. The van der Waals surface area contributed by atoms with E-state index in [0.717, 1.165) is 44.9 Å². The Hall–Kier alpha value is -1.87. The van der Waals surface area contributed by atoms with Gasteiger partial charge in [0.25, 0.3) is 0 Å². The zero-order valence-corrected chi connectivity index (χ0v) is 21.5. The average Bonchev–Trinajstić information content (AvgIpc) is 3.25. The Morgan fingerprint density at radius 2 is 1.91 bits per heavy atom. The second-order valence-electron chi connectivity index (χ2n) is 10.9. The van der Waals surface area contributed by atoms with Crippen LogP contribution in [0, 0.1) is 24.7 Å². The fraction of sp³-hybridized carbons (Fsp3) is 0.633. The lowest BCUT2D eigenvalue weighted by molar-refractivity contribution is -0.134. The summed E-state index contributed by atoms with van der Waals surface area (Å²) in [7, 11) is 0. The summed E-state index contributed by atoms with van der Waals surface area (Å²) in [6, 6.07) is 9.27. The molecule has 1 amide bonds. The van der Waals surface area contributed by atoms with Gasteiger partial charge in [0.2, 0.25) is 5.91 Å². The van der Waals surface area contributed by atoms with Gasteiger partial charge in [-0.25, -0.2) is 0 Å². The van der Waals surface area contributed by atoms with Crippen LogP contribution in [-0.4, -0.2) is 34.1 Å². The number of nitrogens with zero attached hydrogens (tertiary/aromatic N) is 1. The summed E-state index contributed by atoms with van der Waals surface area (Å²) in [6.07, 6.45) is 14.7. The molecule has 0 spiro atoms. The van der Waals surface area contributed by atoms with Crippen molar-refractivity contribution in [2.24, 2.45) is 17.8 Å². The highest BCUT2D eigenvalue weighted by molar-refractivity contribution is 5.76. The Kier molecular flexibility index (Phi) is 9.37. The van der Waals surface area contributed by atoms with E-state index >= 15 is 0 Å². The lowest BCUT2D eigenvalue weighted by atomic mass is 9.88. The van der Waals surface area contributed by atoms with Gasteiger partial charge < -0.3 is 10.0 Å². The van der Waals surface area contributed by atoms with E-state index in [1.807, 2.05) is 4.90 Å². The first-order chi connectivity index (χ1) is 15.8. The summed E-state index contributed by atoms with van der Waals surface area (Å²) >= 11 is 0. The predicted octanol–water partition coefficient (Wildman–Crippen LogP) is 6.63. The SMILES string of the molecule is Cc1cccc(CCC=C[C@@H]2[C@H]3CC(CCCCC(=O)N(C(C)C)C(C)C)=C[C@H]3C[C@H]2O)c1. The quantitative estimate of drug-likeness (QED) is 0.303. The van der Waals surface area contributed by atoms with E-state index in [-0.39, 0.29) is 30.0 Å². The largest absolute Gasteiger partial charge is 0.392 e. The number of carbonyl (C=O) groups is 1. The Bertz CT molecular complexity index is 829. The molecule has 1 aromatic carbocycles. The zero-order chi connectivity index (χ0) is 24.0. The maximum Gasteiger partial charge on any atom is 0.223 e. The number of carbonyl (C=O) groups excluding carboxylic acids is 1. The van der Waals surface area contributed by atoms with Gasteiger partial charge in [0, 0.05) is 24.4 Å². The van der Waals surface area contributed by atoms with E-state index in [2.05, 4.69) is 77.1 Å². The summed E-state index contributed by atoms with van der Waals surface area (Å²) < 4.78 is 0. The molecule has 2 aliphatic carbocycles. The number of hydrogen-bond acceptors (Lipinski definition) is 2. The highest BCUT2D eigenvalue weighted by Crippen LogP contribution is 2.48. The van der Waals surface area contributed by atoms with Gasteiger partial charge in [-0.3, -0.25) is 4.79 Å². The van der Waals surface area contributed by atoms with Crippen LogP contribution in [0.5, 0.6) is 0 Å². The third-order valence-electron chi connectivity index (χ3n) is 7.53. The Balaban J connectivity index is 1.41. The van der Waals surface area contributed by atoms with Gasteiger partial charge in [-0.2, -0.15) is 0 Å². The van der Waals surface area contributed by atoms with Crippen LogP contribution in [-0.2, 0) is 11.2 Å². The van der Waals surface area contributed by atoms with Crippen molar-refractivity contribution >= 4 is 5.91 Å². The highest BCUT2D eigenvalue weighted by Gasteiger charge is 2.43. The van der Waals surface area contributed by atoms with Crippen LogP contribution in [0.1, 0.15) is 83.8 Å². The molecule has 0 aromatic heterocycles. The number of rotatable bonds is 11. The van der Waals surface area contributed by atoms with Crippen molar-refractivity contribution in [3.05, 3.63) is 59.2 Å². The van der Waals surface area contributed by atoms with E-state index in [1.165, 1.54) is 11.1 Å². The molecule has 0 aliphatic heterocycles. The monoisotopic (exact) mass is 451 g/mol. The molecular formula is C30H45NO2. The van der Waals surface area contributed by atoms with E-state index in [9.17, 15) is 9.90 Å². The van der Waals surface area contributed by atoms with Crippen molar-refractivity contribution in [3.63, 3.8) is 0 Å². The lowest BCUT2D eigenvalue weighted by Gasteiger charge is -2.30. The number of aryl methyl sites for hydroxylation is 2. The summed E-state index contributed by atoms with van der Waals surface area (Å²) in [4.78, 5) is 14.6. The van der Waals surface area contributed by atoms with Gasteiger partial charge in [-0.05, 0) is 97.0 Å². The number of aliphatic hydroxyl groups excluding tert-OH is 1. The van der Waals surface area contributed by atoms with Crippen molar-refractivity contribution in [3.8, 4) is 0 Å². The number of hydrogen-bond donors (Lipinski definition) is 1. The van der Waals surface area contributed by atoms with Crippen LogP contribution >= 0.6 is 0 Å². The Morgan fingerprint density at radius 3 is 2.61 bits per heavy atom. The molecule has 0 bridgehead atoms. The lowest BCUT2D eigenvalue weighted by Crippen LogP contribution is -2.41. The summed E-state index contributed by atoms with van der Waals surface area (Å²) in [5, 5.41) is 10.6. The van der Waals surface area contributed by atoms with Crippen LogP contribution in [0.15, 0.2) is 48.1 Å². The standard InChI is InChI=1S/C30H45NO2/c1-21(2)31(22(3)4)30(33)16-9-7-13-25-18-26-20-29(32)27(28(26)19-25)15-8-6-12-24-14-10-11-23(5)17-24/h8,10-11,14-15,17-18,21-22,26-29,32H,6-7,9,12-13,16,19-20H2,1-5H3/t26-,27+,28-,29+/m0/s1. The highest BCUT2D eigenvalue weighted by atomic mass is 16.3. The van der Waals surface area contributed by atoms with Crippen LogP contribution < -0.4 is 0 Å². The molecule has 0 heterocycles. The number of fused-ring (bicyclic) bond motifs is 1. The van der Waals surface area contributed by atoms with Crippen LogP contribution in [0.3, 0.4) is 0 Å². The third kappa shape index (κ3) is 7.06. The first-order valence-electron chi connectivity index (χ1n) is 13.2. The molecule has 1 saturated carbocycles. The number of aliphatic hydroxyl groups is 1. The van der Waals surface area contributed by atoms with Crippen LogP contribution in [0.25, 0.3) is 0 Å². The Labute approximate surface area is 202 Å². The predicted molar refractivity (Wildman–Crippen MR) is 138 cm³/mol. The average molecular weight is 452 g/mol. The van der Waals surface area contributed by atoms with Gasteiger partial charge in [-0.1, -0.05) is 53.6 Å². The Morgan fingerprint density at radius 1 is 1.15 bits per heavy atom. The second kappa shape index (κ2) is 12.0. The molecule has 2 aliphatic rings. The third-order valence-corrected chi connectivity index (χ3v) is 7.53. The fourth-order valence-corrected chi connectivity index (χ4v) is 6.09. The molecule has 1 aromatic rings. The molecule has 33 heavy (non-hydrogen) atoms. The molecule has 0 radical (unpaired) electrons. The minimum Gasteiger partial charge on any atom is -0.392 e.